The number of nitrogens with zero attached hydrogens (tertiary/aromatic N) is 5. The Morgan fingerprint density at radius 2 is 1.90 bits per heavy atom. The fourth-order valence-corrected chi connectivity index (χ4v) is 3.49. The Morgan fingerprint density at radius 3 is 2.55 bits per heavy atom. The van der Waals surface area contributed by atoms with Gasteiger partial charge in [0.2, 0.25) is 0 Å². The molecular weight excluding hydrogens is 409 g/mol. The number of carbonyl (C=O) groups is 1. The first-order chi connectivity index (χ1) is 14.6. The van der Waals surface area contributed by atoms with Crippen LogP contribution in [0.5, 0.6) is 0 Å². The summed E-state index contributed by atoms with van der Waals surface area (Å²) in [7, 11) is 3.36. The summed E-state index contributed by atoms with van der Waals surface area (Å²) in [5.41, 5.74) is 7.32. The molecule has 0 radical (unpaired) electrons. The van der Waals surface area contributed by atoms with Gasteiger partial charge in [-0.25, -0.2) is 4.98 Å². The van der Waals surface area contributed by atoms with Crippen LogP contribution in [-0.4, -0.2) is 37.6 Å². The molecule has 4 rings (SSSR count). The second-order valence-corrected chi connectivity index (χ2v) is 7.32. The average molecular weight is 428 g/mol. The maximum Gasteiger partial charge on any atom is 0.417 e. The largest absolute Gasteiger partial charge is 0.417 e. The second kappa shape index (κ2) is 7.22. The Bertz CT molecular complexity index is 1300. The first kappa shape index (κ1) is 20.6. The summed E-state index contributed by atoms with van der Waals surface area (Å²) in [5, 5.41) is 5.64. The van der Waals surface area contributed by atoms with Crippen LogP contribution in [0.2, 0.25) is 0 Å². The molecule has 160 valence electrons. The number of rotatable bonds is 3. The number of anilines is 1. The Hall–Kier alpha value is -3.69. The van der Waals surface area contributed by atoms with Crippen molar-refractivity contribution in [3.05, 3.63) is 59.5 Å². The van der Waals surface area contributed by atoms with Crippen molar-refractivity contribution in [2.45, 2.75) is 19.1 Å². The third kappa shape index (κ3) is 3.54. The van der Waals surface area contributed by atoms with E-state index in [-0.39, 0.29) is 5.91 Å². The Balaban J connectivity index is 1.67. The summed E-state index contributed by atoms with van der Waals surface area (Å²) in [6.45, 7) is 1.70. The smallest absolute Gasteiger partial charge is 0.383 e. The highest BCUT2D eigenvalue weighted by atomic mass is 19.4. The van der Waals surface area contributed by atoms with Gasteiger partial charge in [-0.15, -0.1) is 0 Å². The third-order valence-electron chi connectivity index (χ3n) is 5.40. The van der Waals surface area contributed by atoms with Gasteiger partial charge in [-0.3, -0.25) is 14.5 Å². The molecule has 1 aromatic carbocycles. The number of aromatic nitrogens is 4. The lowest BCUT2D eigenvalue weighted by molar-refractivity contribution is -0.137. The maximum atomic E-state index is 13.1. The lowest BCUT2D eigenvalue weighted by Crippen LogP contribution is -2.30. The number of hydrogen-bond acceptors (Lipinski definition) is 5. The van der Waals surface area contributed by atoms with E-state index in [1.54, 1.807) is 50.1 Å². The number of fused-ring (bicyclic) bond motifs is 3. The van der Waals surface area contributed by atoms with Crippen molar-refractivity contribution >= 4 is 33.5 Å². The van der Waals surface area contributed by atoms with Gasteiger partial charge in [-0.2, -0.15) is 18.3 Å². The van der Waals surface area contributed by atoms with Gasteiger partial charge in [0.25, 0.3) is 5.91 Å². The minimum Gasteiger partial charge on any atom is -0.383 e. The molecule has 1 atom stereocenters. The molecule has 31 heavy (non-hydrogen) atoms. The molecule has 3 heterocycles. The normalized spacial score (nSPS) is 13.0. The molecule has 10 heteroatoms. The van der Waals surface area contributed by atoms with Gasteiger partial charge in [0.15, 0.2) is 0 Å². The van der Waals surface area contributed by atoms with E-state index in [2.05, 4.69) is 15.1 Å². The fourth-order valence-electron chi connectivity index (χ4n) is 3.49. The summed E-state index contributed by atoms with van der Waals surface area (Å²) >= 11 is 0. The minimum absolute atomic E-state index is 0.303. The number of hydrogen-bond donors (Lipinski definition) is 1. The van der Waals surface area contributed by atoms with Crippen LogP contribution < -0.4 is 5.73 Å². The average Bonchev–Trinajstić information content (AvgIpc) is 3.14. The number of pyridine rings is 2. The molecule has 3 aromatic heterocycles. The predicted octanol–water partition coefficient (Wildman–Crippen LogP) is 3.95. The van der Waals surface area contributed by atoms with E-state index in [1.165, 1.54) is 11.0 Å². The number of aryl methyl sites for hydroxylation is 1. The van der Waals surface area contributed by atoms with Crippen molar-refractivity contribution in [3.8, 4) is 0 Å². The molecule has 0 spiro atoms. The van der Waals surface area contributed by atoms with Crippen LogP contribution >= 0.6 is 0 Å². The first-order valence-corrected chi connectivity index (χ1v) is 9.39. The monoisotopic (exact) mass is 428 g/mol. The molecule has 1 unspecified atom stereocenters. The Kier molecular flexibility index (Phi) is 4.79. The highest BCUT2D eigenvalue weighted by molar-refractivity contribution is 6.10. The number of benzene rings is 1. The first-order valence-electron chi connectivity index (χ1n) is 9.39. The molecule has 0 aliphatic carbocycles. The molecule has 0 fully saturated rings. The van der Waals surface area contributed by atoms with Gasteiger partial charge in [0.05, 0.1) is 39.9 Å². The standard InChI is InChI=1S/C21H19F3N6O/c1-11(16-7-5-13(9-26-16)21(22,23)24)29(2)20(31)12-4-6-17-14(8-12)18-15(19(25)28-17)10-27-30(18)3/h4-11H,1-3H3,(H2,25,28). The lowest BCUT2D eigenvalue weighted by atomic mass is 10.1. The highest BCUT2D eigenvalue weighted by Gasteiger charge is 2.31. The summed E-state index contributed by atoms with van der Waals surface area (Å²) in [4.78, 5) is 22.8. The van der Waals surface area contributed by atoms with Crippen molar-refractivity contribution in [1.29, 1.82) is 0 Å². The molecule has 1 amide bonds. The van der Waals surface area contributed by atoms with Crippen LogP contribution in [0.15, 0.2) is 42.7 Å². The predicted molar refractivity (Wildman–Crippen MR) is 110 cm³/mol. The zero-order valence-electron chi connectivity index (χ0n) is 17.0. The second-order valence-electron chi connectivity index (χ2n) is 7.32. The van der Waals surface area contributed by atoms with E-state index in [1.807, 2.05) is 0 Å². The molecule has 2 N–H and O–H groups in total. The Morgan fingerprint density at radius 1 is 1.16 bits per heavy atom. The minimum atomic E-state index is -4.46. The number of carbonyl (C=O) groups excluding carboxylic acids is 1. The van der Waals surface area contributed by atoms with Crippen molar-refractivity contribution in [2.24, 2.45) is 7.05 Å². The number of alkyl halides is 3. The van der Waals surface area contributed by atoms with Crippen molar-refractivity contribution in [3.63, 3.8) is 0 Å². The molecular formula is C21H19F3N6O. The van der Waals surface area contributed by atoms with Crippen molar-refractivity contribution in [2.75, 3.05) is 12.8 Å². The number of nitrogen functional groups attached to an aromatic ring is 1. The molecule has 7 nitrogen and oxygen atoms in total. The molecule has 0 saturated carbocycles. The molecule has 0 aliphatic rings. The lowest BCUT2D eigenvalue weighted by Gasteiger charge is -2.25. The summed E-state index contributed by atoms with van der Waals surface area (Å²) in [6.07, 6.45) is -2.07. The molecule has 4 aromatic rings. The molecule has 0 saturated heterocycles. The summed E-state index contributed by atoms with van der Waals surface area (Å²) in [5.74, 6) is 0.0528. The van der Waals surface area contributed by atoms with Crippen LogP contribution in [0.4, 0.5) is 19.0 Å². The van der Waals surface area contributed by atoms with Crippen LogP contribution in [0.1, 0.15) is 34.6 Å². The number of amides is 1. The molecule has 0 aliphatic heterocycles. The van der Waals surface area contributed by atoms with Crippen molar-refractivity contribution < 1.29 is 18.0 Å². The van der Waals surface area contributed by atoms with Crippen LogP contribution in [0.25, 0.3) is 21.8 Å². The summed E-state index contributed by atoms with van der Waals surface area (Å²) in [6, 6.07) is 6.78. The van der Waals surface area contributed by atoms with Crippen LogP contribution in [0.3, 0.4) is 0 Å². The van der Waals surface area contributed by atoms with Crippen molar-refractivity contribution in [1.82, 2.24) is 24.6 Å². The highest BCUT2D eigenvalue weighted by Crippen LogP contribution is 2.31. The van der Waals surface area contributed by atoms with Gasteiger partial charge in [0.1, 0.15) is 5.82 Å². The van der Waals surface area contributed by atoms with Gasteiger partial charge in [-0.1, -0.05) is 0 Å². The SMILES string of the molecule is CC(c1ccc(C(F)(F)F)cn1)N(C)C(=O)c1ccc2nc(N)c3cnn(C)c3c2c1. The third-order valence-corrected chi connectivity index (χ3v) is 5.40. The van der Waals surface area contributed by atoms with E-state index in [4.69, 9.17) is 5.73 Å². The van der Waals surface area contributed by atoms with E-state index >= 15 is 0 Å². The van der Waals surface area contributed by atoms with Gasteiger partial charge < -0.3 is 10.6 Å². The van der Waals surface area contributed by atoms with Crippen LogP contribution in [0, 0.1) is 0 Å². The zero-order chi connectivity index (χ0) is 22.5. The van der Waals surface area contributed by atoms with E-state index in [0.29, 0.717) is 28.0 Å². The fraction of sp³-hybridized carbons (Fsp3) is 0.238. The van der Waals surface area contributed by atoms with E-state index in [9.17, 15) is 18.0 Å². The zero-order valence-corrected chi connectivity index (χ0v) is 17.0. The maximum absolute atomic E-state index is 13.1. The van der Waals surface area contributed by atoms with Gasteiger partial charge in [-0.05, 0) is 37.3 Å². The number of halogens is 3. The quantitative estimate of drug-likeness (QED) is 0.534. The van der Waals surface area contributed by atoms with Gasteiger partial charge >= 0.3 is 6.18 Å². The Labute approximate surface area is 175 Å². The topological polar surface area (TPSA) is 89.9 Å². The van der Waals surface area contributed by atoms with Crippen LogP contribution in [-0.2, 0) is 13.2 Å². The van der Waals surface area contributed by atoms with E-state index in [0.717, 1.165) is 23.2 Å². The van der Waals surface area contributed by atoms with Gasteiger partial charge in [0, 0.05) is 31.2 Å². The molecule has 0 bridgehead atoms. The number of nitrogens with two attached hydrogens (primary N) is 1. The van der Waals surface area contributed by atoms with E-state index < -0.39 is 17.8 Å². The summed E-state index contributed by atoms with van der Waals surface area (Å²) < 4.78 is 40.0.